The third kappa shape index (κ3) is 1.50. The number of hydrogen-bond acceptors (Lipinski definition) is 0. The summed E-state index contributed by atoms with van der Waals surface area (Å²) in [6.45, 7) is 0.952. The predicted octanol–water partition coefficient (Wildman–Crippen LogP) is 3.15. The fourth-order valence-corrected chi connectivity index (χ4v) is 2.05. The predicted molar refractivity (Wildman–Crippen MR) is 62.2 cm³/mol. The molecule has 1 heteroatoms. The highest BCUT2D eigenvalue weighted by Gasteiger charge is 2.11. The van der Waals surface area contributed by atoms with Crippen molar-refractivity contribution in [3.05, 3.63) is 54.1 Å². The van der Waals surface area contributed by atoms with Gasteiger partial charge in [0.1, 0.15) is 0 Å². The van der Waals surface area contributed by atoms with E-state index in [-0.39, 0.29) is 0 Å². The van der Waals surface area contributed by atoms with Crippen LogP contribution in [0.3, 0.4) is 0 Å². The van der Waals surface area contributed by atoms with Gasteiger partial charge in [0.25, 0.3) is 0 Å². The average Bonchev–Trinajstić information content (AvgIpc) is 2.77. The van der Waals surface area contributed by atoms with Crippen molar-refractivity contribution in [2.24, 2.45) is 0 Å². The molecule has 0 atom stereocenters. The van der Waals surface area contributed by atoms with Crippen molar-refractivity contribution in [3.8, 4) is 11.1 Å². The summed E-state index contributed by atoms with van der Waals surface area (Å²) in [6.07, 6.45) is 1.09. The van der Waals surface area contributed by atoms with Crippen molar-refractivity contribution in [3.63, 3.8) is 0 Å². The summed E-state index contributed by atoms with van der Waals surface area (Å²) in [4.78, 5) is 0. The Morgan fingerprint density at radius 3 is 2.60 bits per heavy atom. The second-order valence-corrected chi connectivity index (χ2v) is 3.84. The van der Waals surface area contributed by atoms with E-state index in [1.165, 1.54) is 22.4 Å². The molecule has 1 aliphatic heterocycles. The van der Waals surface area contributed by atoms with E-state index in [1.807, 2.05) is 6.07 Å². The number of fused-ring (bicyclic) bond motifs is 1. The van der Waals surface area contributed by atoms with Gasteiger partial charge in [-0.15, -0.1) is 0 Å². The molecule has 0 saturated heterocycles. The third-order valence-electron chi connectivity index (χ3n) is 2.85. The first kappa shape index (κ1) is 8.54. The van der Waals surface area contributed by atoms with Crippen LogP contribution in [0.1, 0.15) is 5.56 Å². The van der Waals surface area contributed by atoms with Crippen LogP contribution in [0.5, 0.6) is 0 Å². The quantitative estimate of drug-likeness (QED) is 0.662. The second kappa shape index (κ2) is 3.43. The van der Waals surface area contributed by atoms with Crippen molar-refractivity contribution in [2.45, 2.75) is 6.42 Å². The van der Waals surface area contributed by atoms with Gasteiger partial charge in [0.15, 0.2) is 0 Å². The maximum Gasteiger partial charge on any atom is 0.0607 e. The van der Waals surface area contributed by atoms with Crippen molar-refractivity contribution in [1.82, 2.24) is 5.32 Å². The second-order valence-electron chi connectivity index (χ2n) is 3.84. The van der Waals surface area contributed by atoms with Crippen LogP contribution in [0.4, 0.5) is 5.69 Å². The zero-order chi connectivity index (χ0) is 10.1. The molecule has 73 valence electrons. The Labute approximate surface area is 89.8 Å². The summed E-state index contributed by atoms with van der Waals surface area (Å²) < 4.78 is 0. The molecule has 0 spiro atoms. The minimum absolute atomic E-state index is 0.952. The van der Waals surface area contributed by atoms with E-state index in [2.05, 4.69) is 47.8 Å². The highest BCUT2D eigenvalue weighted by molar-refractivity contribution is 5.68. The molecule has 3 rings (SSSR count). The lowest BCUT2D eigenvalue weighted by Gasteiger charge is -2.03. The van der Waals surface area contributed by atoms with Gasteiger partial charge in [-0.05, 0) is 35.2 Å². The van der Waals surface area contributed by atoms with Crippen LogP contribution < -0.4 is 5.32 Å². The summed E-state index contributed by atoms with van der Waals surface area (Å²) >= 11 is 0. The molecule has 0 unspecified atom stereocenters. The van der Waals surface area contributed by atoms with Gasteiger partial charge in [-0.1, -0.05) is 36.4 Å². The summed E-state index contributed by atoms with van der Waals surface area (Å²) in [5.74, 6) is 0. The molecule has 15 heavy (non-hydrogen) atoms. The van der Waals surface area contributed by atoms with E-state index in [4.69, 9.17) is 0 Å². The zero-order valence-electron chi connectivity index (χ0n) is 8.48. The van der Waals surface area contributed by atoms with Gasteiger partial charge in [-0.2, -0.15) is 0 Å². The van der Waals surface area contributed by atoms with Crippen molar-refractivity contribution in [1.29, 1.82) is 0 Å². The first-order valence-corrected chi connectivity index (χ1v) is 5.29. The summed E-state index contributed by atoms with van der Waals surface area (Å²) in [6, 6.07) is 17.0. The van der Waals surface area contributed by atoms with Crippen LogP contribution in [-0.4, -0.2) is 6.54 Å². The average molecular weight is 194 g/mol. The maximum absolute atomic E-state index is 4.43. The minimum Gasteiger partial charge on any atom is -0.285 e. The normalized spacial score (nSPS) is 13.3. The molecule has 0 N–H and O–H groups in total. The van der Waals surface area contributed by atoms with Gasteiger partial charge in [0, 0.05) is 6.54 Å². The van der Waals surface area contributed by atoms with Crippen molar-refractivity contribution in [2.75, 3.05) is 6.54 Å². The third-order valence-corrected chi connectivity index (χ3v) is 2.85. The van der Waals surface area contributed by atoms with Crippen LogP contribution >= 0.6 is 0 Å². The standard InChI is InChI=1S/C14H12N/c1-2-4-11(5-3-1)12-6-7-14-13(10-12)8-9-15-14/h1-7,10H,8-9H2. The molecular formula is C14H12N. The minimum atomic E-state index is 0.952. The lowest BCUT2D eigenvalue weighted by atomic mass is 10.0. The monoisotopic (exact) mass is 194 g/mol. The topological polar surface area (TPSA) is 14.1 Å². The molecule has 1 heterocycles. The Balaban J connectivity index is 2.07. The molecule has 0 aromatic heterocycles. The molecule has 0 saturated carbocycles. The smallest absolute Gasteiger partial charge is 0.0607 e. The molecule has 1 nitrogen and oxygen atoms in total. The van der Waals surface area contributed by atoms with Crippen LogP contribution in [0.25, 0.3) is 11.1 Å². The first-order chi connectivity index (χ1) is 7.43. The van der Waals surface area contributed by atoms with Crippen LogP contribution in [0, 0.1) is 0 Å². The molecule has 0 amide bonds. The molecule has 2 aromatic carbocycles. The van der Waals surface area contributed by atoms with Gasteiger partial charge >= 0.3 is 0 Å². The lowest BCUT2D eigenvalue weighted by Crippen LogP contribution is -1.88. The summed E-state index contributed by atoms with van der Waals surface area (Å²) in [7, 11) is 0. The maximum atomic E-state index is 4.43. The van der Waals surface area contributed by atoms with Gasteiger partial charge in [-0.3, -0.25) is 5.32 Å². The zero-order valence-corrected chi connectivity index (χ0v) is 8.48. The molecule has 2 aromatic rings. The van der Waals surface area contributed by atoms with E-state index in [1.54, 1.807) is 0 Å². The molecule has 0 aliphatic carbocycles. The molecule has 0 fully saturated rings. The van der Waals surface area contributed by atoms with E-state index in [0.29, 0.717) is 0 Å². The number of rotatable bonds is 1. The lowest BCUT2D eigenvalue weighted by molar-refractivity contribution is 0.909. The Morgan fingerprint density at radius 2 is 1.73 bits per heavy atom. The Kier molecular flexibility index (Phi) is 1.95. The Morgan fingerprint density at radius 1 is 0.867 bits per heavy atom. The van der Waals surface area contributed by atoms with Gasteiger partial charge in [0.2, 0.25) is 0 Å². The summed E-state index contributed by atoms with van der Waals surface area (Å²) in [5, 5.41) is 4.43. The largest absolute Gasteiger partial charge is 0.285 e. The molecule has 0 bridgehead atoms. The van der Waals surface area contributed by atoms with E-state index in [9.17, 15) is 0 Å². The number of hydrogen-bond donors (Lipinski definition) is 0. The van der Waals surface area contributed by atoms with Crippen LogP contribution in [0.15, 0.2) is 48.5 Å². The Hall–Kier alpha value is -1.76. The van der Waals surface area contributed by atoms with E-state index < -0.39 is 0 Å². The van der Waals surface area contributed by atoms with E-state index in [0.717, 1.165) is 13.0 Å². The van der Waals surface area contributed by atoms with Gasteiger partial charge in [-0.25, -0.2) is 0 Å². The highest BCUT2D eigenvalue weighted by atomic mass is 14.9. The van der Waals surface area contributed by atoms with Crippen LogP contribution in [0.2, 0.25) is 0 Å². The Bertz CT molecular complexity index is 474. The number of benzene rings is 2. The first-order valence-electron chi connectivity index (χ1n) is 5.29. The molecule has 1 aliphatic rings. The van der Waals surface area contributed by atoms with Crippen molar-refractivity contribution < 1.29 is 0 Å². The number of nitrogens with zero attached hydrogens (tertiary/aromatic N) is 1. The van der Waals surface area contributed by atoms with Gasteiger partial charge in [0.05, 0.1) is 5.69 Å². The highest BCUT2D eigenvalue weighted by Crippen LogP contribution is 2.28. The summed E-state index contributed by atoms with van der Waals surface area (Å²) in [5.41, 5.74) is 5.14. The SMILES string of the molecule is c1ccc(-c2ccc3c(c2)CC[N]3)cc1. The fraction of sp³-hybridized carbons (Fsp3) is 0.143. The van der Waals surface area contributed by atoms with E-state index >= 15 is 0 Å². The van der Waals surface area contributed by atoms with Crippen LogP contribution in [-0.2, 0) is 6.42 Å². The fourth-order valence-electron chi connectivity index (χ4n) is 2.05. The van der Waals surface area contributed by atoms with Crippen molar-refractivity contribution >= 4 is 5.69 Å². The van der Waals surface area contributed by atoms with Gasteiger partial charge < -0.3 is 0 Å². The molecular weight excluding hydrogens is 182 g/mol. The molecule has 1 radical (unpaired) electrons.